The number of esters is 1. The van der Waals surface area contributed by atoms with Crippen molar-refractivity contribution >= 4 is 16.9 Å². The predicted molar refractivity (Wildman–Crippen MR) is 134 cm³/mol. The number of carbonyl (C=O) groups is 1. The minimum Gasteiger partial charge on any atom is -0.458 e. The number of benzene rings is 1. The Morgan fingerprint density at radius 3 is 2.66 bits per heavy atom. The van der Waals surface area contributed by atoms with E-state index >= 15 is 8.78 Å². The Morgan fingerprint density at radius 2 is 1.95 bits per heavy atom. The molecule has 0 saturated heterocycles. The van der Waals surface area contributed by atoms with Crippen molar-refractivity contribution in [1.29, 1.82) is 0 Å². The van der Waals surface area contributed by atoms with Crippen molar-refractivity contribution in [3.05, 3.63) is 62.4 Å². The van der Waals surface area contributed by atoms with Crippen LogP contribution in [0, 0.1) is 11.6 Å². The van der Waals surface area contributed by atoms with Crippen molar-refractivity contribution in [1.82, 2.24) is 14.9 Å². The summed E-state index contributed by atoms with van der Waals surface area (Å²) in [6, 6.07) is 4.21. The SMILES string of the molecule is CC[C@@]1(O)C(=O)OCc2c1cc1n(c2=O)Cc2c-1nc1c(C(C)NC3CCC(O)CC3)ccc(F)c1c2F. The fourth-order valence-electron chi connectivity index (χ4n) is 6.15. The van der Waals surface area contributed by atoms with Crippen LogP contribution < -0.4 is 10.9 Å². The van der Waals surface area contributed by atoms with Crippen molar-refractivity contribution in [3.8, 4) is 11.4 Å². The van der Waals surface area contributed by atoms with Crippen LogP contribution in [0.25, 0.3) is 22.3 Å². The zero-order chi connectivity index (χ0) is 26.9. The third-order valence-electron chi connectivity index (χ3n) is 8.40. The molecule has 10 heteroatoms. The number of halogens is 2. The van der Waals surface area contributed by atoms with Crippen LogP contribution in [0.15, 0.2) is 23.0 Å². The lowest BCUT2D eigenvalue weighted by molar-refractivity contribution is -0.172. The summed E-state index contributed by atoms with van der Waals surface area (Å²) in [6.07, 6.45) is 2.68. The Hall–Kier alpha value is -3.21. The molecule has 4 heterocycles. The minimum atomic E-state index is -2.00. The lowest BCUT2D eigenvalue weighted by Gasteiger charge is -2.31. The van der Waals surface area contributed by atoms with Crippen LogP contribution in [0.1, 0.15) is 74.2 Å². The average Bonchev–Trinajstić information content (AvgIpc) is 3.27. The molecule has 8 nitrogen and oxygen atoms in total. The van der Waals surface area contributed by atoms with E-state index in [0.29, 0.717) is 18.4 Å². The number of fused-ring (bicyclic) bond motifs is 5. The van der Waals surface area contributed by atoms with Gasteiger partial charge < -0.3 is 24.8 Å². The number of hydrogen-bond donors (Lipinski definition) is 3. The van der Waals surface area contributed by atoms with Crippen molar-refractivity contribution < 1.29 is 28.5 Å². The number of hydrogen-bond acceptors (Lipinski definition) is 7. The lowest BCUT2D eigenvalue weighted by Crippen LogP contribution is -2.44. The molecule has 1 aromatic carbocycles. The Kier molecular flexibility index (Phi) is 5.89. The summed E-state index contributed by atoms with van der Waals surface area (Å²) >= 11 is 0. The summed E-state index contributed by atoms with van der Waals surface area (Å²) in [6.45, 7) is 3.08. The van der Waals surface area contributed by atoms with Gasteiger partial charge in [0.25, 0.3) is 5.56 Å². The van der Waals surface area contributed by atoms with E-state index in [0.717, 1.165) is 12.8 Å². The highest BCUT2D eigenvalue weighted by Gasteiger charge is 2.45. The standard InChI is InChI=1S/C28H29F2N3O5/c1-3-28(37)19-10-21-24-17(11-33(21)26(35)18(19)12-38-27(28)36)23(30)22-20(29)9-8-16(25(22)32-24)13(2)31-14-4-6-15(34)7-5-14/h8-10,13-15,31,34,37H,3-7,11-12H2,1-2H3/t13?,14?,15?,28-/m0/s1. The molecule has 200 valence electrons. The maximum absolute atomic E-state index is 16.0. The van der Waals surface area contributed by atoms with Gasteiger partial charge in [0.05, 0.1) is 40.5 Å². The van der Waals surface area contributed by atoms with Crippen molar-refractivity contribution in [2.75, 3.05) is 0 Å². The number of aliphatic hydroxyl groups excluding tert-OH is 1. The fourth-order valence-corrected chi connectivity index (χ4v) is 6.15. The highest BCUT2D eigenvalue weighted by Crippen LogP contribution is 2.41. The molecule has 1 saturated carbocycles. The summed E-state index contributed by atoms with van der Waals surface area (Å²) in [5.74, 6) is -2.37. The molecular formula is C28H29F2N3O5. The zero-order valence-electron chi connectivity index (χ0n) is 21.2. The molecule has 1 unspecified atom stereocenters. The average molecular weight is 526 g/mol. The number of nitrogens with one attached hydrogen (secondary N) is 1. The van der Waals surface area contributed by atoms with Crippen LogP contribution >= 0.6 is 0 Å². The highest BCUT2D eigenvalue weighted by atomic mass is 19.1. The van der Waals surface area contributed by atoms with E-state index in [1.807, 2.05) is 6.92 Å². The molecule has 1 aliphatic carbocycles. The van der Waals surface area contributed by atoms with Gasteiger partial charge in [0.1, 0.15) is 18.2 Å². The molecule has 0 radical (unpaired) electrons. The van der Waals surface area contributed by atoms with Crippen molar-refractivity contribution in [3.63, 3.8) is 0 Å². The monoisotopic (exact) mass is 525 g/mol. The first-order valence-corrected chi connectivity index (χ1v) is 13.1. The Morgan fingerprint density at radius 1 is 1.21 bits per heavy atom. The van der Waals surface area contributed by atoms with E-state index in [4.69, 9.17) is 9.72 Å². The second-order valence-corrected chi connectivity index (χ2v) is 10.6. The summed E-state index contributed by atoms with van der Waals surface area (Å²) in [7, 11) is 0. The normalized spacial score (nSPS) is 25.1. The summed E-state index contributed by atoms with van der Waals surface area (Å²) in [4.78, 5) is 30.5. The molecule has 2 aromatic heterocycles. The predicted octanol–water partition coefficient (Wildman–Crippen LogP) is 3.31. The molecular weight excluding hydrogens is 496 g/mol. The summed E-state index contributed by atoms with van der Waals surface area (Å²) in [5, 5.41) is 24.2. The number of aromatic nitrogens is 2. The molecule has 3 aromatic rings. The van der Waals surface area contributed by atoms with Gasteiger partial charge in [-0.15, -0.1) is 0 Å². The lowest BCUT2D eigenvalue weighted by atomic mass is 9.86. The van der Waals surface area contributed by atoms with Crippen molar-refractivity contribution in [2.45, 2.75) is 82.9 Å². The Bertz CT molecular complexity index is 1550. The first kappa shape index (κ1) is 25.1. The maximum Gasteiger partial charge on any atom is 0.343 e. The topological polar surface area (TPSA) is 114 Å². The fraction of sp³-hybridized carbons (Fsp3) is 0.464. The van der Waals surface area contributed by atoms with E-state index in [-0.39, 0.29) is 76.7 Å². The molecule has 2 aliphatic heterocycles. The van der Waals surface area contributed by atoms with Crippen LogP contribution in [0.4, 0.5) is 8.78 Å². The molecule has 3 aliphatic rings. The van der Waals surface area contributed by atoms with Gasteiger partial charge in [0.15, 0.2) is 5.60 Å². The van der Waals surface area contributed by atoms with Crippen LogP contribution in [0.5, 0.6) is 0 Å². The molecule has 0 amide bonds. The van der Waals surface area contributed by atoms with Gasteiger partial charge in [0.2, 0.25) is 0 Å². The second kappa shape index (κ2) is 8.93. The molecule has 1 fully saturated rings. The second-order valence-electron chi connectivity index (χ2n) is 10.6. The largest absolute Gasteiger partial charge is 0.458 e. The molecule has 2 atom stereocenters. The maximum atomic E-state index is 16.0. The first-order valence-electron chi connectivity index (χ1n) is 13.1. The Labute approximate surface area is 217 Å². The highest BCUT2D eigenvalue weighted by molar-refractivity contribution is 5.89. The van der Waals surface area contributed by atoms with E-state index in [1.54, 1.807) is 13.0 Å². The van der Waals surface area contributed by atoms with Gasteiger partial charge >= 0.3 is 5.97 Å². The molecule has 38 heavy (non-hydrogen) atoms. The van der Waals surface area contributed by atoms with Crippen molar-refractivity contribution in [2.24, 2.45) is 0 Å². The minimum absolute atomic E-state index is 0.00910. The van der Waals surface area contributed by atoms with Gasteiger partial charge in [0, 0.05) is 23.2 Å². The van der Waals surface area contributed by atoms with Gasteiger partial charge in [-0.2, -0.15) is 0 Å². The van der Waals surface area contributed by atoms with Crippen LogP contribution in [-0.2, 0) is 28.3 Å². The van der Waals surface area contributed by atoms with Gasteiger partial charge in [-0.05, 0) is 56.7 Å². The van der Waals surface area contributed by atoms with Crippen LogP contribution in [0.3, 0.4) is 0 Å². The van der Waals surface area contributed by atoms with E-state index in [9.17, 15) is 19.8 Å². The number of carbonyl (C=O) groups excluding carboxylic acids is 1. The Balaban J connectivity index is 1.50. The van der Waals surface area contributed by atoms with Crippen LogP contribution in [-0.4, -0.2) is 37.9 Å². The number of cyclic esters (lactones) is 1. The van der Waals surface area contributed by atoms with Crippen LogP contribution in [0.2, 0.25) is 0 Å². The van der Waals surface area contributed by atoms with Gasteiger partial charge in [-0.3, -0.25) is 4.79 Å². The van der Waals surface area contributed by atoms with Gasteiger partial charge in [-0.1, -0.05) is 13.0 Å². The quantitative estimate of drug-likeness (QED) is 0.351. The number of nitrogens with zero attached hydrogens (tertiary/aromatic N) is 2. The molecule has 0 spiro atoms. The number of pyridine rings is 2. The van der Waals surface area contributed by atoms with Gasteiger partial charge in [-0.25, -0.2) is 18.6 Å². The van der Waals surface area contributed by atoms with E-state index in [1.165, 1.54) is 16.7 Å². The molecule has 6 rings (SSSR count). The number of aliphatic hydroxyl groups is 2. The summed E-state index contributed by atoms with van der Waals surface area (Å²) < 4.78 is 37.4. The summed E-state index contributed by atoms with van der Waals surface area (Å²) in [5.41, 5.74) is -0.924. The third kappa shape index (κ3) is 3.61. The van der Waals surface area contributed by atoms with E-state index in [2.05, 4.69) is 5.32 Å². The zero-order valence-corrected chi connectivity index (χ0v) is 21.2. The van der Waals surface area contributed by atoms with E-state index < -0.39 is 28.8 Å². The first-order chi connectivity index (χ1) is 18.1. The number of rotatable bonds is 4. The molecule has 0 bridgehead atoms. The third-order valence-corrected chi connectivity index (χ3v) is 8.40. The smallest absolute Gasteiger partial charge is 0.343 e. The number of ether oxygens (including phenoxy) is 1. The molecule has 3 N–H and O–H groups in total.